The molecule has 0 atom stereocenters. The van der Waals surface area contributed by atoms with Crippen LogP contribution in [0.3, 0.4) is 0 Å². The van der Waals surface area contributed by atoms with Gasteiger partial charge in [0.25, 0.3) is 5.56 Å². The van der Waals surface area contributed by atoms with Crippen molar-refractivity contribution in [2.75, 3.05) is 0 Å². The fraction of sp³-hybridized carbons (Fsp3) is 0.0769. The lowest BCUT2D eigenvalue weighted by Crippen LogP contribution is -2.25. The fourth-order valence-electron chi connectivity index (χ4n) is 1.71. The number of carbonyl (C=O) groups is 1. The second-order valence-electron chi connectivity index (χ2n) is 3.85. The van der Waals surface area contributed by atoms with E-state index < -0.39 is 17.3 Å². The Labute approximate surface area is 112 Å². The van der Waals surface area contributed by atoms with Crippen LogP contribution in [0.2, 0.25) is 5.02 Å². The quantitative estimate of drug-likeness (QED) is 0.940. The van der Waals surface area contributed by atoms with Gasteiger partial charge in [0.15, 0.2) is 0 Å². The van der Waals surface area contributed by atoms with Crippen LogP contribution in [0.25, 0.3) is 0 Å². The summed E-state index contributed by atoms with van der Waals surface area (Å²) in [7, 11) is 0. The number of rotatable bonds is 3. The van der Waals surface area contributed by atoms with E-state index in [-0.39, 0.29) is 22.8 Å². The molecule has 2 aromatic rings. The molecule has 1 aromatic heterocycles. The van der Waals surface area contributed by atoms with Gasteiger partial charge in [-0.1, -0.05) is 29.8 Å². The lowest BCUT2D eigenvalue weighted by atomic mass is 10.2. The minimum Gasteiger partial charge on any atom is -0.477 e. The average Bonchev–Trinajstić information content (AvgIpc) is 2.36. The van der Waals surface area contributed by atoms with Gasteiger partial charge in [-0.25, -0.2) is 9.18 Å². The van der Waals surface area contributed by atoms with Crippen LogP contribution in [0.4, 0.5) is 4.39 Å². The lowest BCUT2D eigenvalue weighted by Gasteiger charge is -2.10. The van der Waals surface area contributed by atoms with Crippen molar-refractivity contribution in [1.29, 1.82) is 0 Å². The third kappa shape index (κ3) is 2.66. The Morgan fingerprint density at radius 1 is 1.26 bits per heavy atom. The second kappa shape index (κ2) is 5.24. The SMILES string of the molecule is O=C(O)c1cccc(=O)n1Cc1cccc(Cl)c1F. The molecule has 98 valence electrons. The molecule has 1 N–H and O–H groups in total. The molecule has 0 aliphatic heterocycles. The predicted molar refractivity (Wildman–Crippen MR) is 68.2 cm³/mol. The molecule has 4 nitrogen and oxygen atoms in total. The van der Waals surface area contributed by atoms with Crippen molar-refractivity contribution >= 4 is 17.6 Å². The summed E-state index contributed by atoms with van der Waals surface area (Å²) >= 11 is 5.64. The van der Waals surface area contributed by atoms with E-state index in [0.29, 0.717) is 0 Å². The van der Waals surface area contributed by atoms with Crippen molar-refractivity contribution in [3.63, 3.8) is 0 Å². The molecule has 1 heterocycles. The highest BCUT2D eigenvalue weighted by atomic mass is 35.5. The smallest absolute Gasteiger partial charge is 0.352 e. The van der Waals surface area contributed by atoms with Gasteiger partial charge in [0.05, 0.1) is 11.6 Å². The maximum atomic E-state index is 13.8. The van der Waals surface area contributed by atoms with E-state index in [1.807, 2.05) is 0 Å². The maximum absolute atomic E-state index is 13.8. The minimum atomic E-state index is -1.25. The van der Waals surface area contributed by atoms with E-state index in [1.165, 1.54) is 36.4 Å². The first-order chi connectivity index (χ1) is 9.00. The highest BCUT2D eigenvalue weighted by Crippen LogP contribution is 2.18. The van der Waals surface area contributed by atoms with Crippen LogP contribution in [0.1, 0.15) is 16.1 Å². The molecular formula is C13H9ClFNO3. The molecule has 0 unspecified atom stereocenters. The first-order valence-electron chi connectivity index (χ1n) is 5.36. The number of pyridine rings is 1. The van der Waals surface area contributed by atoms with Gasteiger partial charge in [0, 0.05) is 11.6 Å². The van der Waals surface area contributed by atoms with Crippen molar-refractivity contribution in [2.45, 2.75) is 6.54 Å². The number of aromatic carboxylic acids is 1. The summed E-state index contributed by atoms with van der Waals surface area (Å²) in [6.45, 7) is -0.187. The summed E-state index contributed by atoms with van der Waals surface area (Å²) in [5.41, 5.74) is -0.561. The van der Waals surface area contributed by atoms with Gasteiger partial charge < -0.3 is 5.11 Å². The van der Waals surface area contributed by atoms with Gasteiger partial charge in [-0.05, 0) is 12.1 Å². The Morgan fingerprint density at radius 3 is 2.63 bits per heavy atom. The Hall–Kier alpha value is -2.14. The van der Waals surface area contributed by atoms with Gasteiger partial charge in [0.1, 0.15) is 11.5 Å². The Kier molecular flexibility index (Phi) is 3.66. The minimum absolute atomic E-state index is 0.0710. The number of benzene rings is 1. The van der Waals surface area contributed by atoms with Crippen molar-refractivity contribution in [2.24, 2.45) is 0 Å². The number of aromatic nitrogens is 1. The number of carboxylic acids is 1. The third-order valence-electron chi connectivity index (χ3n) is 2.63. The van der Waals surface area contributed by atoms with Crippen molar-refractivity contribution in [3.05, 3.63) is 68.8 Å². The summed E-state index contributed by atoms with van der Waals surface area (Å²) in [6, 6.07) is 8.21. The molecule has 0 saturated carbocycles. The highest BCUT2D eigenvalue weighted by molar-refractivity contribution is 6.30. The second-order valence-corrected chi connectivity index (χ2v) is 4.26. The molecule has 0 spiro atoms. The van der Waals surface area contributed by atoms with Gasteiger partial charge in [0.2, 0.25) is 0 Å². The number of carboxylic acid groups (broad SMARTS) is 1. The molecule has 0 fully saturated rings. The Balaban J connectivity index is 2.52. The van der Waals surface area contributed by atoms with E-state index in [2.05, 4.69) is 0 Å². The molecular weight excluding hydrogens is 273 g/mol. The topological polar surface area (TPSA) is 59.3 Å². The van der Waals surface area contributed by atoms with E-state index in [4.69, 9.17) is 16.7 Å². The van der Waals surface area contributed by atoms with Crippen LogP contribution in [0.15, 0.2) is 41.2 Å². The monoisotopic (exact) mass is 281 g/mol. The molecule has 1 aromatic carbocycles. The molecule has 0 bridgehead atoms. The summed E-state index contributed by atoms with van der Waals surface area (Å²) in [5.74, 6) is -1.91. The first kappa shape index (κ1) is 13.3. The third-order valence-corrected chi connectivity index (χ3v) is 2.92. The molecule has 0 saturated heterocycles. The molecule has 2 rings (SSSR count). The van der Waals surface area contributed by atoms with Crippen molar-refractivity contribution < 1.29 is 14.3 Å². The van der Waals surface area contributed by atoms with E-state index in [1.54, 1.807) is 0 Å². The van der Waals surface area contributed by atoms with E-state index in [9.17, 15) is 14.0 Å². The van der Waals surface area contributed by atoms with Crippen LogP contribution in [0.5, 0.6) is 0 Å². The number of hydrogen-bond donors (Lipinski definition) is 1. The van der Waals surface area contributed by atoms with Gasteiger partial charge in [-0.2, -0.15) is 0 Å². The highest BCUT2D eigenvalue weighted by Gasteiger charge is 2.13. The summed E-state index contributed by atoms with van der Waals surface area (Å²) < 4.78 is 14.7. The standard InChI is InChI=1S/C13H9ClFNO3/c14-9-4-1-3-8(12(9)15)7-16-10(13(18)19)5-2-6-11(16)17/h1-6H,7H2,(H,18,19). The molecule has 0 radical (unpaired) electrons. The largest absolute Gasteiger partial charge is 0.477 e. The van der Waals surface area contributed by atoms with Gasteiger partial charge >= 0.3 is 5.97 Å². The lowest BCUT2D eigenvalue weighted by molar-refractivity contribution is 0.0684. The van der Waals surface area contributed by atoms with Crippen LogP contribution in [-0.2, 0) is 6.54 Å². The average molecular weight is 282 g/mol. The molecule has 6 heteroatoms. The summed E-state index contributed by atoms with van der Waals surface area (Å²) in [4.78, 5) is 22.7. The number of hydrogen-bond acceptors (Lipinski definition) is 2. The summed E-state index contributed by atoms with van der Waals surface area (Å²) in [6.07, 6.45) is 0. The zero-order valence-electron chi connectivity index (χ0n) is 9.64. The van der Waals surface area contributed by atoms with Gasteiger partial charge in [-0.3, -0.25) is 9.36 Å². The molecule has 19 heavy (non-hydrogen) atoms. The Bertz CT molecular complexity index is 697. The maximum Gasteiger partial charge on any atom is 0.352 e. The predicted octanol–water partition coefficient (Wildman–Crippen LogP) is 2.39. The normalized spacial score (nSPS) is 10.4. The summed E-state index contributed by atoms with van der Waals surface area (Å²) in [5, 5.41) is 8.94. The van der Waals surface area contributed by atoms with Crippen LogP contribution >= 0.6 is 11.6 Å². The Morgan fingerprint density at radius 2 is 1.95 bits per heavy atom. The van der Waals surface area contributed by atoms with Crippen LogP contribution in [-0.4, -0.2) is 15.6 Å². The van der Waals surface area contributed by atoms with E-state index >= 15 is 0 Å². The van der Waals surface area contributed by atoms with Crippen molar-refractivity contribution in [3.8, 4) is 0 Å². The van der Waals surface area contributed by atoms with Gasteiger partial charge in [-0.15, -0.1) is 0 Å². The molecule has 0 aliphatic rings. The van der Waals surface area contributed by atoms with E-state index in [0.717, 1.165) is 4.57 Å². The number of halogens is 2. The molecule has 0 aliphatic carbocycles. The zero-order valence-corrected chi connectivity index (χ0v) is 10.4. The van der Waals surface area contributed by atoms with Crippen LogP contribution in [0, 0.1) is 5.82 Å². The zero-order chi connectivity index (χ0) is 14.0. The van der Waals surface area contributed by atoms with Crippen molar-refractivity contribution in [1.82, 2.24) is 4.57 Å². The molecule has 0 amide bonds. The fourth-order valence-corrected chi connectivity index (χ4v) is 1.91. The van der Waals surface area contributed by atoms with Crippen LogP contribution < -0.4 is 5.56 Å². The number of nitrogens with zero attached hydrogens (tertiary/aromatic N) is 1. The first-order valence-corrected chi connectivity index (χ1v) is 5.74.